The lowest BCUT2D eigenvalue weighted by Gasteiger charge is -2.26. The summed E-state index contributed by atoms with van der Waals surface area (Å²) in [5.74, 6) is -2.88. The van der Waals surface area contributed by atoms with Gasteiger partial charge in [0.05, 0.1) is 0 Å². The normalized spacial score (nSPS) is 21.1. The van der Waals surface area contributed by atoms with E-state index in [1.165, 1.54) is 0 Å². The van der Waals surface area contributed by atoms with Gasteiger partial charge in [-0.05, 0) is 0 Å². The van der Waals surface area contributed by atoms with Gasteiger partial charge in [0.2, 0.25) is 0 Å². The molecule has 0 aromatic carbocycles. The molecule has 1 rings (SSSR count). The molecule has 0 saturated carbocycles. The van der Waals surface area contributed by atoms with Gasteiger partial charge in [0.25, 0.3) is 0 Å². The van der Waals surface area contributed by atoms with E-state index in [1.54, 1.807) is 0 Å². The Morgan fingerprint density at radius 1 is 1.27 bits per heavy atom. The van der Waals surface area contributed by atoms with E-state index in [0.29, 0.717) is 0 Å². The minimum Gasteiger partial charge on any atom is -0.448 e. The van der Waals surface area contributed by atoms with E-state index in [-0.39, 0.29) is 0 Å². The van der Waals surface area contributed by atoms with E-state index in [2.05, 4.69) is 9.47 Å². The maximum atomic E-state index is 12.0. The number of rotatable bonds is 1. The summed E-state index contributed by atoms with van der Waals surface area (Å²) in [6.07, 6.45) is -3.25. The molecule has 1 heterocycles. The zero-order chi connectivity index (χ0) is 8.54. The van der Waals surface area contributed by atoms with E-state index < -0.39 is 18.6 Å². The summed E-state index contributed by atoms with van der Waals surface area (Å²) in [4.78, 5) is 0. The third kappa shape index (κ3) is 1.13. The van der Waals surface area contributed by atoms with E-state index in [0.717, 1.165) is 12.5 Å². The molecule has 6 heteroatoms. The summed E-state index contributed by atoms with van der Waals surface area (Å²) < 4.78 is 44.1. The second-order valence-corrected chi connectivity index (χ2v) is 1.92. The van der Waals surface area contributed by atoms with Crippen molar-refractivity contribution in [2.45, 2.75) is 12.0 Å². The molecule has 0 amide bonds. The van der Waals surface area contributed by atoms with Crippen molar-refractivity contribution in [1.82, 2.24) is 0 Å². The van der Waals surface area contributed by atoms with Crippen LogP contribution in [0.4, 0.5) is 13.2 Å². The largest absolute Gasteiger partial charge is 0.470 e. The molecular formula is C5H5F3O3. The minimum absolute atomic E-state index is 0.740. The van der Waals surface area contributed by atoms with Crippen LogP contribution in [0.2, 0.25) is 0 Å². The molecule has 0 aliphatic carbocycles. The van der Waals surface area contributed by atoms with Crippen LogP contribution in [0.3, 0.4) is 0 Å². The van der Waals surface area contributed by atoms with Crippen molar-refractivity contribution in [3.05, 3.63) is 12.5 Å². The van der Waals surface area contributed by atoms with Gasteiger partial charge in [-0.2, -0.15) is 13.2 Å². The summed E-state index contributed by atoms with van der Waals surface area (Å²) in [5, 5.41) is 8.34. The SMILES string of the molecule is OCC1(C(F)(F)F)OC=CO1. The standard InChI is InChI=1S/C5H5F3O3/c6-5(7,8)4(3-9)10-1-2-11-4/h1-2,9H,3H2. The Hall–Kier alpha value is -0.910. The van der Waals surface area contributed by atoms with Gasteiger partial charge in [-0.25, -0.2) is 0 Å². The summed E-state index contributed by atoms with van der Waals surface area (Å²) in [7, 11) is 0. The van der Waals surface area contributed by atoms with E-state index >= 15 is 0 Å². The third-order valence-electron chi connectivity index (χ3n) is 1.21. The average molecular weight is 170 g/mol. The van der Waals surface area contributed by atoms with Crippen molar-refractivity contribution in [3.8, 4) is 0 Å². The molecule has 0 saturated heterocycles. The van der Waals surface area contributed by atoms with Crippen LogP contribution in [0.1, 0.15) is 0 Å². The van der Waals surface area contributed by atoms with Crippen LogP contribution >= 0.6 is 0 Å². The smallest absolute Gasteiger partial charge is 0.448 e. The number of hydrogen-bond acceptors (Lipinski definition) is 3. The van der Waals surface area contributed by atoms with Crippen molar-refractivity contribution in [2.24, 2.45) is 0 Å². The van der Waals surface area contributed by atoms with Crippen LogP contribution in [0, 0.1) is 0 Å². The molecule has 0 atom stereocenters. The number of halogens is 3. The highest BCUT2D eigenvalue weighted by molar-refractivity contribution is 4.88. The number of aliphatic hydroxyl groups is 1. The molecule has 0 radical (unpaired) electrons. The monoisotopic (exact) mass is 170 g/mol. The van der Waals surface area contributed by atoms with E-state index in [1.807, 2.05) is 0 Å². The molecule has 11 heavy (non-hydrogen) atoms. The van der Waals surface area contributed by atoms with Crippen LogP contribution in [-0.2, 0) is 9.47 Å². The lowest BCUT2D eigenvalue weighted by molar-refractivity contribution is -0.346. The Morgan fingerprint density at radius 2 is 1.73 bits per heavy atom. The molecule has 3 nitrogen and oxygen atoms in total. The maximum Gasteiger partial charge on any atom is 0.470 e. The summed E-state index contributed by atoms with van der Waals surface area (Å²) in [6, 6.07) is 0. The van der Waals surface area contributed by atoms with Crippen LogP contribution < -0.4 is 0 Å². The first-order chi connectivity index (χ1) is 5.02. The first-order valence-electron chi connectivity index (χ1n) is 2.70. The second kappa shape index (κ2) is 2.30. The van der Waals surface area contributed by atoms with Crippen LogP contribution in [0.15, 0.2) is 12.5 Å². The van der Waals surface area contributed by atoms with Crippen molar-refractivity contribution >= 4 is 0 Å². The van der Waals surface area contributed by atoms with Gasteiger partial charge < -0.3 is 14.6 Å². The molecule has 0 aromatic heterocycles. The maximum absolute atomic E-state index is 12.0. The zero-order valence-electron chi connectivity index (χ0n) is 5.26. The van der Waals surface area contributed by atoms with E-state index in [4.69, 9.17) is 5.11 Å². The summed E-state index contributed by atoms with van der Waals surface area (Å²) >= 11 is 0. The van der Waals surface area contributed by atoms with Gasteiger partial charge in [-0.3, -0.25) is 0 Å². The van der Waals surface area contributed by atoms with Crippen LogP contribution in [0.25, 0.3) is 0 Å². The van der Waals surface area contributed by atoms with Crippen molar-refractivity contribution in [2.75, 3.05) is 6.61 Å². The van der Waals surface area contributed by atoms with Gasteiger partial charge >= 0.3 is 12.0 Å². The first kappa shape index (κ1) is 8.19. The lowest BCUT2D eigenvalue weighted by atomic mass is 10.3. The molecule has 0 spiro atoms. The third-order valence-corrected chi connectivity index (χ3v) is 1.21. The number of hydrogen-bond donors (Lipinski definition) is 1. The topological polar surface area (TPSA) is 38.7 Å². The van der Waals surface area contributed by atoms with Gasteiger partial charge in [-0.15, -0.1) is 0 Å². The number of ether oxygens (including phenoxy) is 2. The zero-order valence-corrected chi connectivity index (χ0v) is 5.26. The number of alkyl halides is 3. The molecule has 1 aliphatic heterocycles. The first-order valence-corrected chi connectivity index (χ1v) is 2.70. The molecule has 0 bridgehead atoms. The number of aliphatic hydroxyl groups excluding tert-OH is 1. The highest BCUT2D eigenvalue weighted by Gasteiger charge is 2.61. The molecule has 0 aromatic rings. The fourth-order valence-electron chi connectivity index (χ4n) is 0.601. The van der Waals surface area contributed by atoms with Crippen LogP contribution in [0.5, 0.6) is 0 Å². The second-order valence-electron chi connectivity index (χ2n) is 1.92. The molecule has 0 unspecified atom stereocenters. The van der Waals surface area contributed by atoms with Crippen molar-refractivity contribution < 1.29 is 27.8 Å². The molecule has 1 aliphatic rings. The van der Waals surface area contributed by atoms with Crippen LogP contribution in [-0.4, -0.2) is 23.7 Å². The Balaban J connectivity index is 2.77. The van der Waals surface area contributed by atoms with Gasteiger partial charge in [0.1, 0.15) is 19.1 Å². The van der Waals surface area contributed by atoms with Crippen molar-refractivity contribution in [1.29, 1.82) is 0 Å². The van der Waals surface area contributed by atoms with Crippen molar-refractivity contribution in [3.63, 3.8) is 0 Å². The Morgan fingerprint density at radius 3 is 1.91 bits per heavy atom. The Kier molecular flexibility index (Phi) is 1.71. The average Bonchev–Trinajstić information content (AvgIpc) is 2.33. The highest BCUT2D eigenvalue weighted by atomic mass is 19.4. The van der Waals surface area contributed by atoms with Gasteiger partial charge in [-0.1, -0.05) is 0 Å². The predicted octanol–water partition coefficient (Wildman–Crippen LogP) is 0.755. The Labute approximate surface area is 60.0 Å². The molecule has 64 valence electrons. The molecule has 0 fully saturated rings. The predicted molar refractivity (Wildman–Crippen MR) is 27.2 cm³/mol. The van der Waals surface area contributed by atoms with Gasteiger partial charge in [0, 0.05) is 0 Å². The minimum atomic E-state index is -4.73. The fraction of sp³-hybridized carbons (Fsp3) is 0.600. The van der Waals surface area contributed by atoms with E-state index in [9.17, 15) is 13.2 Å². The van der Waals surface area contributed by atoms with Gasteiger partial charge in [0.15, 0.2) is 0 Å². The summed E-state index contributed by atoms with van der Waals surface area (Å²) in [5.41, 5.74) is 0. The highest BCUT2D eigenvalue weighted by Crippen LogP contribution is 2.37. The summed E-state index contributed by atoms with van der Waals surface area (Å²) in [6.45, 7) is -1.26. The lowest BCUT2D eigenvalue weighted by Crippen LogP contribution is -2.49. The molecule has 1 N–H and O–H groups in total. The fourth-order valence-corrected chi connectivity index (χ4v) is 0.601. The molecular weight excluding hydrogens is 165 g/mol. The quantitative estimate of drug-likeness (QED) is 0.631. The Bertz CT molecular complexity index is 166.